The molecule has 1 aliphatic rings. The van der Waals surface area contributed by atoms with Gasteiger partial charge in [-0.25, -0.2) is 9.97 Å². The molecule has 1 aromatic heterocycles. The van der Waals surface area contributed by atoms with Crippen molar-refractivity contribution in [1.82, 2.24) is 14.9 Å². The third kappa shape index (κ3) is 3.98. The first-order valence-electron chi connectivity index (χ1n) is 9.04. The number of hydrogen-bond donors (Lipinski definition) is 1. The number of benzene rings is 1. The Bertz CT molecular complexity index is 734. The van der Waals surface area contributed by atoms with Crippen molar-refractivity contribution in [1.29, 1.82) is 0 Å². The highest BCUT2D eigenvalue weighted by Gasteiger charge is 2.19. The van der Waals surface area contributed by atoms with Gasteiger partial charge < -0.3 is 10.2 Å². The fourth-order valence-corrected chi connectivity index (χ4v) is 3.24. The Morgan fingerprint density at radius 3 is 2.44 bits per heavy atom. The number of carbonyl (C=O) groups is 1. The lowest BCUT2D eigenvalue weighted by Gasteiger charge is -2.26. The quantitative estimate of drug-likeness (QED) is 0.904. The van der Waals surface area contributed by atoms with E-state index >= 15 is 0 Å². The van der Waals surface area contributed by atoms with Gasteiger partial charge in [0, 0.05) is 31.2 Å². The fourth-order valence-electron chi connectivity index (χ4n) is 3.24. The molecule has 0 radical (unpaired) electrons. The number of amides is 1. The molecule has 5 nitrogen and oxygen atoms in total. The molecular formula is C20H26N4O. The maximum Gasteiger partial charge on any atom is 0.256 e. The van der Waals surface area contributed by atoms with Crippen LogP contribution in [0.2, 0.25) is 0 Å². The maximum atomic E-state index is 12.5. The summed E-state index contributed by atoms with van der Waals surface area (Å²) in [6.45, 7) is 8.07. The molecule has 0 unspecified atom stereocenters. The lowest BCUT2D eigenvalue weighted by molar-refractivity contribution is 0.0723. The van der Waals surface area contributed by atoms with E-state index in [2.05, 4.69) is 54.3 Å². The van der Waals surface area contributed by atoms with Crippen molar-refractivity contribution in [3.05, 3.63) is 47.3 Å². The molecule has 25 heavy (non-hydrogen) atoms. The smallest absolute Gasteiger partial charge is 0.256 e. The summed E-state index contributed by atoms with van der Waals surface area (Å²) < 4.78 is 0. The van der Waals surface area contributed by atoms with Crippen LogP contribution < -0.4 is 5.32 Å². The number of carbonyl (C=O) groups excluding carboxylic acids is 1. The van der Waals surface area contributed by atoms with Gasteiger partial charge in [0.25, 0.3) is 5.91 Å². The zero-order valence-corrected chi connectivity index (χ0v) is 15.2. The maximum absolute atomic E-state index is 12.5. The van der Waals surface area contributed by atoms with Crippen LogP contribution in [-0.4, -0.2) is 33.9 Å². The van der Waals surface area contributed by atoms with E-state index in [1.54, 1.807) is 12.4 Å². The lowest BCUT2D eigenvalue weighted by atomic mass is 9.98. The number of likely N-dealkylation sites (tertiary alicyclic amines) is 1. The van der Waals surface area contributed by atoms with Crippen LogP contribution in [0, 0.1) is 6.92 Å². The summed E-state index contributed by atoms with van der Waals surface area (Å²) in [6, 6.07) is 6.26. The summed E-state index contributed by atoms with van der Waals surface area (Å²) in [5, 5.41) is 3.32. The first-order chi connectivity index (χ1) is 12.1. The SMILES string of the molecule is Cc1cccc(C(C)C)c1Nc1ncc(C(=O)N2CCCCC2)cn1. The van der Waals surface area contributed by atoms with Crippen LogP contribution in [0.3, 0.4) is 0 Å². The van der Waals surface area contributed by atoms with Crippen molar-refractivity contribution in [3.8, 4) is 0 Å². The van der Waals surface area contributed by atoms with Crippen LogP contribution in [0.4, 0.5) is 11.6 Å². The van der Waals surface area contributed by atoms with Crippen LogP contribution >= 0.6 is 0 Å². The van der Waals surface area contributed by atoms with Crippen LogP contribution in [0.15, 0.2) is 30.6 Å². The third-order valence-corrected chi connectivity index (χ3v) is 4.71. The van der Waals surface area contributed by atoms with Gasteiger partial charge in [-0.2, -0.15) is 0 Å². The minimum absolute atomic E-state index is 0.0324. The van der Waals surface area contributed by atoms with Crippen LogP contribution in [-0.2, 0) is 0 Å². The number of para-hydroxylation sites is 1. The average molecular weight is 338 g/mol. The van der Waals surface area contributed by atoms with Gasteiger partial charge >= 0.3 is 0 Å². The number of aromatic nitrogens is 2. The normalized spacial score (nSPS) is 14.6. The monoisotopic (exact) mass is 338 g/mol. The molecule has 5 heteroatoms. The molecule has 132 valence electrons. The molecule has 0 bridgehead atoms. The van der Waals surface area contributed by atoms with E-state index in [-0.39, 0.29) is 5.91 Å². The van der Waals surface area contributed by atoms with Gasteiger partial charge in [-0.05, 0) is 43.2 Å². The molecule has 0 aliphatic carbocycles. The molecule has 2 aromatic rings. The molecule has 1 aromatic carbocycles. The van der Waals surface area contributed by atoms with Gasteiger partial charge in [0.05, 0.1) is 5.56 Å². The minimum atomic E-state index is 0.0324. The molecule has 1 fully saturated rings. The number of nitrogens with one attached hydrogen (secondary N) is 1. The predicted molar refractivity (Wildman–Crippen MR) is 100 cm³/mol. The number of aryl methyl sites for hydroxylation is 1. The number of rotatable bonds is 4. The Balaban J connectivity index is 1.76. The summed E-state index contributed by atoms with van der Waals surface area (Å²) >= 11 is 0. The molecule has 0 saturated carbocycles. The molecule has 0 atom stereocenters. The lowest BCUT2D eigenvalue weighted by Crippen LogP contribution is -2.35. The Morgan fingerprint density at radius 1 is 1.12 bits per heavy atom. The highest BCUT2D eigenvalue weighted by atomic mass is 16.2. The molecule has 1 N–H and O–H groups in total. The van der Waals surface area contributed by atoms with Crippen molar-refractivity contribution in [2.75, 3.05) is 18.4 Å². The van der Waals surface area contributed by atoms with E-state index in [0.717, 1.165) is 37.2 Å². The molecule has 1 amide bonds. The Hall–Kier alpha value is -2.43. The molecule has 2 heterocycles. The van der Waals surface area contributed by atoms with E-state index in [1.165, 1.54) is 12.0 Å². The van der Waals surface area contributed by atoms with Gasteiger partial charge in [0.2, 0.25) is 5.95 Å². The van der Waals surface area contributed by atoms with Gasteiger partial charge in [0.15, 0.2) is 0 Å². The minimum Gasteiger partial charge on any atom is -0.339 e. The number of piperidine rings is 1. The van der Waals surface area contributed by atoms with Crippen molar-refractivity contribution in [3.63, 3.8) is 0 Å². The summed E-state index contributed by atoms with van der Waals surface area (Å²) in [5.41, 5.74) is 3.99. The van der Waals surface area contributed by atoms with Gasteiger partial charge in [-0.15, -0.1) is 0 Å². The van der Waals surface area contributed by atoms with E-state index in [1.807, 2.05) is 4.90 Å². The Labute approximate surface area is 149 Å². The summed E-state index contributed by atoms with van der Waals surface area (Å²) in [6.07, 6.45) is 6.62. The van der Waals surface area contributed by atoms with E-state index in [9.17, 15) is 4.79 Å². The molecule has 1 saturated heterocycles. The standard InChI is InChI=1S/C20H26N4O/c1-14(2)17-9-7-8-15(3)18(17)23-20-21-12-16(13-22-20)19(25)24-10-5-4-6-11-24/h7-9,12-14H,4-6,10-11H2,1-3H3,(H,21,22,23). The van der Waals surface area contributed by atoms with Crippen LogP contribution in [0.25, 0.3) is 0 Å². The second-order valence-electron chi connectivity index (χ2n) is 6.97. The number of hydrogen-bond acceptors (Lipinski definition) is 4. The molecule has 0 spiro atoms. The number of anilines is 2. The predicted octanol–water partition coefficient (Wildman–Crippen LogP) is 4.28. The first kappa shape index (κ1) is 17.4. The van der Waals surface area contributed by atoms with Crippen molar-refractivity contribution in [2.45, 2.75) is 46.0 Å². The topological polar surface area (TPSA) is 58.1 Å². The number of nitrogens with zero attached hydrogens (tertiary/aromatic N) is 3. The second kappa shape index (κ2) is 7.64. The van der Waals surface area contributed by atoms with Gasteiger partial charge in [-0.3, -0.25) is 4.79 Å². The molecular weight excluding hydrogens is 312 g/mol. The first-order valence-corrected chi connectivity index (χ1v) is 9.04. The third-order valence-electron chi connectivity index (χ3n) is 4.71. The second-order valence-corrected chi connectivity index (χ2v) is 6.97. The summed E-state index contributed by atoms with van der Waals surface area (Å²) in [5.74, 6) is 0.957. The average Bonchev–Trinajstić information content (AvgIpc) is 2.64. The van der Waals surface area contributed by atoms with Gasteiger partial charge in [-0.1, -0.05) is 32.0 Å². The summed E-state index contributed by atoms with van der Waals surface area (Å²) in [7, 11) is 0. The van der Waals surface area contributed by atoms with Crippen LogP contribution in [0.5, 0.6) is 0 Å². The fraction of sp³-hybridized carbons (Fsp3) is 0.450. The highest BCUT2D eigenvalue weighted by molar-refractivity contribution is 5.93. The zero-order valence-electron chi connectivity index (χ0n) is 15.2. The van der Waals surface area contributed by atoms with Gasteiger partial charge in [0.1, 0.15) is 0 Å². The largest absolute Gasteiger partial charge is 0.339 e. The van der Waals surface area contributed by atoms with E-state index in [0.29, 0.717) is 17.4 Å². The summed E-state index contributed by atoms with van der Waals surface area (Å²) in [4.78, 5) is 23.1. The Morgan fingerprint density at radius 2 is 1.80 bits per heavy atom. The van der Waals surface area contributed by atoms with E-state index in [4.69, 9.17) is 0 Å². The van der Waals surface area contributed by atoms with Crippen molar-refractivity contribution < 1.29 is 4.79 Å². The zero-order chi connectivity index (χ0) is 17.8. The Kier molecular flexibility index (Phi) is 5.31. The molecule has 3 rings (SSSR count). The highest BCUT2D eigenvalue weighted by Crippen LogP contribution is 2.29. The van der Waals surface area contributed by atoms with E-state index < -0.39 is 0 Å². The van der Waals surface area contributed by atoms with Crippen molar-refractivity contribution in [2.24, 2.45) is 0 Å². The molecule has 1 aliphatic heterocycles. The van der Waals surface area contributed by atoms with Crippen molar-refractivity contribution >= 4 is 17.5 Å². The van der Waals surface area contributed by atoms with Crippen LogP contribution in [0.1, 0.15) is 60.5 Å².